The first-order valence-corrected chi connectivity index (χ1v) is 6.80. The number of hydrogen-bond acceptors (Lipinski definition) is 6. The third-order valence-electron chi connectivity index (χ3n) is 3.63. The van der Waals surface area contributed by atoms with Crippen molar-refractivity contribution < 1.29 is 4.52 Å². The van der Waals surface area contributed by atoms with Crippen molar-refractivity contribution in [3.05, 3.63) is 59.9 Å². The lowest BCUT2D eigenvalue weighted by molar-refractivity contribution is 0.356. The van der Waals surface area contributed by atoms with Crippen molar-refractivity contribution in [2.24, 2.45) is 0 Å². The predicted molar refractivity (Wildman–Crippen MR) is 75.3 cm³/mol. The standard InChI is InChI=1S/C15H13N5O/c1-2-4-11-10(3-1)7-17-8-12(11)15-19-14(20-21-15)13-9-16-5-6-18-13/h1-6,9,12,17H,7-8H2. The molecule has 3 aromatic rings. The molecular weight excluding hydrogens is 266 g/mol. The lowest BCUT2D eigenvalue weighted by Gasteiger charge is -2.23. The fourth-order valence-corrected chi connectivity index (χ4v) is 2.61. The third-order valence-corrected chi connectivity index (χ3v) is 3.63. The third kappa shape index (κ3) is 2.19. The molecule has 0 spiro atoms. The molecule has 0 saturated carbocycles. The molecule has 0 radical (unpaired) electrons. The van der Waals surface area contributed by atoms with Gasteiger partial charge in [-0.05, 0) is 11.1 Å². The van der Waals surface area contributed by atoms with Crippen LogP contribution in [0.4, 0.5) is 0 Å². The lowest BCUT2D eigenvalue weighted by Crippen LogP contribution is -2.28. The van der Waals surface area contributed by atoms with Crippen molar-refractivity contribution in [1.82, 2.24) is 25.4 Å². The Balaban J connectivity index is 1.71. The van der Waals surface area contributed by atoms with Gasteiger partial charge in [0, 0.05) is 25.5 Å². The van der Waals surface area contributed by atoms with E-state index >= 15 is 0 Å². The van der Waals surface area contributed by atoms with Crippen LogP contribution in [0.1, 0.15) is 22.9 Å². The second-order valence-electron chi connectivity index (χ2n) is 4.93. The number of hydrogen-bond donors (Lipinski definition) is 1. The molecule has 1 unspecified atom stereocenters. The number of nitrogens with one attached hydrogen (secondary N) is 1. The van der Waals surface area contributed by atoms with E-state index in [1.807, 2.05) is 12.1 Å². The van der Waals surface area contributed by atoms with Gasteiger partial charge in [0.1, 0.15) is 5.69 Å². The van der Waals surface area contributed by atoms with Gasteiger partial charge in [-0.25, -0.2) is 4.98 Å². The summed E-state index contributed by atoms with van der Waals surface area (Å²) in [6.45, 7) is 1.66. The van der Waals surface area contributed by atoms with Crippen molar-refractivity contribution in [3.8, 4) is 11.5 Å². The molecule has 2 aromatic heterocycles. The van der Waals surface area contributed by atoms with Gasteiger partial charge in [-0.2, -0.15) is 4.98 Å². The Hall–Kier alpha value is -2.60. The summed E-state index contributed by atoms with van der Waals surface area (Å²) in [6.07, 6.45) is 4.86. The van der Waals surface area contributed by atoms with E-state index < -0.39 is 0 Å². The number of rotatable bonds is 2. The quantitative estimate of drug-likeness (QED) is 0.770. The molecule has 1 atom stereocenters. The summed E-state index contributed by atoms with van der Waals surface area (Å²) in [5.74, 6) is 1.16. The molecule has 1 aromatic carbocycles. The van der Waals surface area contributed by atoms with Gasteiger partial charge in [-0.1, -0.05) is 29.4 Å². The van der Waals surface area contributed by atoms with E-state index in [1.165, 1.54) is 11.1 Å². The highest BCUT2D eigenvalue weighted by Crippen LogP contribution is 2.29. The van der Waals surface area contributed by atoms with Gasteiger partial charge in [0.15, 0.2) is 0 Å². The summed E-state index contributed by atoms with van der Waals surface area (Å²) in [5.41, 5.74) is 3.13. The summed E-state index contributed by atoms with van der Waals surface area (Å²) >= 11 is 0. The van der Waals surface area contributed by atoms with Crippen LogP contribution in [0, 0.1) is 0 Å². The van der Waals surface area contributed by atoms with Crippen LogP contribution in [-0.2, 0) is 6.54 Å². The summed E-state index contributed by atoms with van der Waals surface area (Å²) in [5, 5.41) is 7.40. The number of nitrogens with zero attached hydrogens (tertiary/aromatic N) is 4. The van der Waals surface area contributed by atoms with E-state index in [0.29, 0.717) is 17.4 Å². The highest BCUT2D eigenvalue weighted by atomic mass is 16.5. The molecule has 1 aliphatic heterocycles. The first-order valence-electron chi connectivity index (χ1n) is 6.80. The van der Waals surface area contributed by atoms with Crippen LogP contribution in [0.3, 0.4) is 0 Å². The van der Waals surface area contributed by atoms with Crippen LogP contribution >= 0.6 is 0 Å². The van der Waals surface area contributed by atoms with Crippen LogP contribution in [0.25, 0.3) is 11.5 Å². The minimum absolute atomic E-state index is 0.0767. The predicted octanol–water partition coefficient (Wildman–Crippen LogP) is 1.76. The Morgan fingerprint density at radius 3 is 3.05 bits per heavy atom. The van der Waals surface area contributed by atoms with E-state index in [9.17, 15) is 0 Å². The fourth-order valence-electron chi connectivity index (χ4n) is 2.61. The molecule has 1 N–H and O–H groups in total. The zero-order chi connectivity index (χ0) is 14.1. The molecule has 1 aliphatic rings. The summed E-state index contributed by atoms with van der Waals surface area (Å²) in [6, 6.07) is 8.32. The maximum Gasteiger partial charge on any atom is 0.235 e. The lowest BCUT2D eigenvalue weighted by atomic mass is 9.91. The monoisotopic (exact) mass is 279 g/mol. The van der Waals surface area contributed by atoms with Crippen LogP contribution < -0.4 is 5.32 Å². The first kappa shape index (κ1) is 12.2. The van der Waals surface area contributed by atoms with Gasteiger partial charge in [-0.3, -0.25) is 4.98 Å². The summed E-state index contributed by atoms with van der Waals surface area (Å²) in [4.78, 5) is 12.7. The second kappa shape index (κ2) is 5.06. The minimum Gasteiger partial charge on any atom is -0.338 e. The Bertz CT molecular complexity index is 756. The molecular formula is C15H13N5O. The van der Waals surface area contributed by atoms with Gasteiger partial charge in [0.2, 0.25) is 11.7 Å². The molecule has 0 amide bonds. The van der Waals surface area contributed by atoms with Gasteiger partial charge >= 0.3 is 0 Å². The Kier molecular flexibility index (Phi) is 2.93. The van der Waals surface area contributed by atoms with Crippen LogP contribution in [0.2, 0.25) is 0 Å². The van der Waals surface area contributed by atoms with Crippen LogP contribution in [-0.4, -0.2) is 26.7 Å². The van der Waals surface area contributed by atoms with Crippen molar-refractivity contribution in [1.29, 1.82) is 0 Å². The summed E-state index contributed by atoms with van der Waals surface area (Å²) < 4.78 is 5.45. The average molecular weight is 279 g/mol. The van der Waals surface area contributed by atoms with Crippen molar-refractivity contribution >= 4 is 0 Å². The maximum atomic E-state index is 5.45. The van der Waals surface area contributed by atoms with Gasteiger partial charge in [0.05, 0.1) is 12.1 Å². The normalized spacial score (nSPS) is 17.4. The zero-order valence-electron chi connectivity index (χ0n) is 11.2. The fraction of sp³-hybridized carbons (Fsp3) is 0.200. The second-order valence-corrected chi connectivity index (χ2v) is 4.93. The molecule has 0 aliphatic carbocycles. The van der Waals surface area contributed by atoms with Crippen molar-refractivity contribution in [2.45, 2.75) is 12.5 Å². The molecule has 4 rings (SSSR count). The number of fused-ring (bicyclic) bond motifs is 1. The topological polar surface area (TPSA) is 76.7 Å². The van der Waals surface area contributed by atoms with Crippen molar-refractivity contribution in [3.63, 3.8) is 0 Å². The van der Waals surface area contributed by atoms with Gasteiger partial charge in [0.25, 0.3) is 0 Å². The maximum absolute atomic E-state index is 5.45. The number of benzene rings is 1. The largest absolute Gasteiger partial charge is 0.338 e. The zero-order valence-corrected chi connectivity index (χ0v) is 11.2. The van der Waals surface area contributed by atoms with Crippen molar-refractivity contribution in [2.75, 3.05) is 6.54 Å². The average Bonchev–Trinajstić information content (AvgIpc) is 3.05. The van der Waals surface area contributed by atoms with E-state index in [0.717, 1.165) is 13.1 Å². The molecule has 0 bridgehead atoms. The van der Waals surface area contributed by atoms with Gasteiger partial charge in [-0.15, -0.1) is 0 Å². The molecule has 21 heavy (non-hydrogen) atoms. The van der Waals surface area contributed by atoms with Crippen LogP contribution in [0.5, 0.6) is 0 Å². The molecule has 104 valence electrons. The Morgan fingerprint density at radius 2 is 2.14 bits per heavy atom. The Morgan fingerprint density at radius 1 is 1.19 bits per heavy atom. The van der Waals surface area contributed by atoms with E-state index in [1.54, 1.807) is 18.6 Å². The number of aromatic nitrogens is 4. The highest BCUT2D eigenvalue weighted by molar-refractivity contribution is 5.46. The molecule has 0 fully saturated rings. The van der Waals surface area contributed by atoms with E-state index in [-0.39, 0.29) is 5.92 Å². The molecule has 6 heteroatoms. The Labute approximate surface area is 121 Å². The highest BCUT2D eigenvalue weighted by Gasteiger charge is 2.26. The minimum atomic E-state index is 0.0767. The molecule has 6 nitrogen and oxygen atoms in total. The SMILES string of the molecule is c1ccc2c(c1)CNCC2c1nc(-c2cnccn2)no1. The molecule has 0 saturated heterocycles. The van der Waals surface area contributed by atoms with Crippen LogP contribution in [0.15, 0.2) is 47.4 Å². The van der Waals surface area contributed by atoms with Gasteiger partial charge < -0.3 is 9.84 Å². The first-order chi connectivity index (χ1) is 10.4. The molecule has 3 heterocycles. The smallest absolute Gasteiger partial charge is 0.235 e. The van der Waals surface area contributed by atoms with E-state index in [4.69, 9.17) is 4.52 Å². The van der Waals surface area contributed by atoms with E-state index in [2.05, 4.69) is 37.6 Å². The summed E-state index contributed by atoms with van der Waals surface area (Å²) in [7, 11) is 0.